The molecule has 1 fully saturated rings. The number of benzene rings is 4. The van der Waals surface area contributed by atoms with Gasteiger partial charge in [0, 0.05) is 23.8 Å². The summed E-state index contributed by atoms with van der Waals surface area (Å²) in [6, 6.07) is 15.8. The van der Waals surface area contributed by atoms with Gasteiger partial charge in [-0.3, -0.25) is 9.59 Å². The van der Waals surface area contributed by atoms with Gasteiger partial charge in [0.05, 0.1) is 18.1 Å². The highest BCUT2D eigenvalue weighted by atomic mass is 16.7. The van der Waals surface area contributed by atoms with Gasteiger partial charge in [-0.1, -0.05) is 24.3 Å². The van der Waals surface area contributed by atoms with E-state index in [2.05, 4.69) is 0 Å². The molecule has 9 N–H and O–H groups in total. The van der Waals surface area contributed by atoms with E-state index in [9.17, 15) is 55.5 Å². The lowest BCUT2D eigenvalue weighted by atomic mass is 9.80. The van der Waals surface area contributed by atoms with E-state index in [0.717, 1.165) is 18.2 Å². The molecule has 7 atom stereocenters. The normalized spacial score (nSPS) is 24.8. The van der Waals surface area contributed by atoms with Gasteiger partial charge in [-0.2, -0.15) is 0 Å². The van der Waals surface area contributed by atoms with E-state index in [1.54, 1.807) is 0 Å². The molecule has 260 valence electrons. The fraction of sp³-hybridized carbons (Fsp3) is 0.222. The SMILES string of the molecule is O=C(/C=C/c1ccc(O)c([C@H]2C(=O)c3c(O)cc(O[C@@H]4O[C@H](CO)[C@@H](O)[C@H](O)[C@H]4O)cc3O[C@@H]2c2ccc(O)cc2)c1)c1ccc(O)cc1O. The first-order valence-corrected chi connectivity index (χ1v) is 15.3. The molecule has 0 spiro atoms. The van der Waals surface area contributed by atoms with Gasteiger partial charge in [0.15, 0.2) is 11.6 Å². The van der Waals surface area contributed by atoms with E-state index in [1.165, 1.54) is 66.7 Å². The number of phenols is 5. The number of rotatable bonds is 8. The molecule has 0 amide bonds. The van der Waals surface area contributed by atoms with Crippen molar-refractivity contribution in [2.45, 2.75) is 42.7 Å². The number of hydrogen-bond donors (Lipinski definition) is 9. The molecule has 0 radical (unpaired) electrons. The summed E-state index contributed by atoms with van der Waals surface area (Å²) >= 11 is 0. The molecule has 0 bridgehead atoms. The highest BCUT2D eigenvalue weighted by Crippen LogP contribution is 2.50. The van der Waals surface area contributed by atoms with E-state index in [4.69, 9.17) is 14.2 Å². The second-order valence-corrected chi connectivity index (χ2v) is 11.8. The Kier molecular flexibility index (Phi) is 9.38. The fourth-order valence-electron chi connectivity index (χ4n) is 5.93. The number of ether oxygens (including phenoxy) is 3. The third kappa shape index (κ3) is 6.53. The summed E-state index contributed by atoms with van der Waals surface area (Å²) in [7, 11) is 0. The Labute approximate surface area is 283 Å². The van der Waals surface area contributed by atoms with Gasteiger partial charge in [0.1, 0.15) is 76.3 Å². The van der Waals surface area contributed by atoms with Crippen LogP contribution in [0.3, 0.4) is 0 Å². The van der Waals surface area contributed by atoms with Gasteiger partial charge >= 0.3 is 0 Å². The van der Waals surface area contributed by atoms with Crippen LogP contribution in [0.4, 0.5) is 0 Å². The lowest BCUT2D eigenvalue weighted by Crippen LogP contribution is -2.60. The lowest BCUT2D eigenvalue weighted by molar-refractivity contribution is -0.277. The summed E-state index contributed by atoms with van der Waals surface area (Å²) in [5.74, 6) is -4.48. The van der Waals surface area contributed by atoms with Crippen molar-refractivity contribution in [2.24, 2.45) is 0 Å². The van der Waals surface area contributed by atoms with Crippen molar-refractivity contribution >= 4 is 17.6 Å². The molecule has 2 aliphatic rings. The molecule has 0 saturated carbocycles. The molecule has 0 aromatic heterocycles. The van der Waals surface area contributed by atoms with Gasteiger partial charge in [-0.25, -0.2) is 0 Å². The molecule has 1 saturated heterocycles. The van der Waals surface area contributed by atoms with Gasteiger partial charge in [-0.15, -0.1) is 0 Å². The molecular formula is C36H32O14. The molecular weight excluding hydrogens is 656 g/mol. The Balaban J connectivity index is 1.36. The van der Waals surface area contributed by atoms with Crippen molar-refractivity contribution in [3.63, 3.8) is 0 Å². The van der Waals surface area contributed by atoms with Gasteiger partial charge < -0.3 is 60.2 Å². The Bertz CT molecular complexity index is 1950. The molecule has 0 unspecified atom stereocenters. The van der Waals surface area contributed by atoms with Crippen molar-refractivity contribution in [1.82, 2.24) is 0 Å². The topological polar surface area (TPSA) is 244 Å². The molecule has 2 heterocycles. The average molecular weight is 689 g/mol. The fourth-order valence-corrected chi connectivity index (χ4v) is 5.93. The number of aliphatic hydroxyl groups is 4. The number of phenolic OH excluding ortho intramolecular Hbond substituents is 5. The van der Waals surface area contributed by atoms with Gasteiger partial charge in [0.25, 0.3) is 0 Å². The number of carbonyl (C=O) groups excluding carboxylic acids is 2. The smallest absolute Gasteiger partial charge is 0.229 e. The molecule has 0 aliphatic carbocycles. The average Bonchev–Trinajstić information content (AvgIpc) is 3.08. The minimum Gasteiger partial charge on any atom is -0.508 e. The minimum atomic E-state index is -1.76. The summed E-state index contributed by atoms with van der Waals surface area (Å²) in [6.07, 6.45) is -6.57. The molecule has 50 heavy (non-hydrogen) atoms. The molecule has 14 heteroatoms. The zero-order chi connectivity index (χ0) is 35.9. The quantitative estimate of drug-likeness (QED) is 0.0954. The van der Waals surface area contributed by atoms with Crippen LogP contribution in [0.2, 0.25) is 0 Å². The van der Waals surface area contributed by atoms with Crippen LogP contribution in [0, 0.1) is 0 Å². The second-order valence-electron chi connectivity index (χ2n) is 11.8. The third-order valence-electron chi connectivity index (χ3n) is 8.52. The lowest BCUT2D eigenvalue weighted by Gasteiger charge is -2.39. The Hall–Kier alpha value is -5.64. The predicted molar refractivity (Wildman–Crippen MR) is 172 cm³/mol. The number of ketones is 2. The summed E-state index contributed by atoms with van der Waals surface area (Å²) in [4.78, 5) is 27.0. The van der Waals surface area contributed by atoms with Crippen molar-refractivity contribution in [2.75, 3.05) is 6.61 Å². The number of aliphatic hydroxyl groups excluding tert-OH is 4. The van der Waals surface area contributed by atoms with E-state index < -0.39 is 72.4 Å². The third-order valence-corrected chi connectivity index (χ3v) is 8.52. The molecule has 14 nitrogen and oxygen atoms in total. The predicted octanol–water partition coefficient (Wildman–Crippen LogP) is 2.39. The van der Waals surface area contributed by atoms with E-state index >= 15 is 0 Å². The largest absolute Gasteiger partial charge is 0.508 e. The number of hydrogen-bond acceptors (Lipinski definition) is 14. The van der Waals surface area contributed by atoms with Crippen LogP contribution in [0.15, 0.2) is 78.9 Å². The summed E-state index contributed by atoms with van der Waals surface area (Å²) in [6.45, 7) is -0.699. The van der Waals surface area contributed by atoms with Crippen molar-refractivity contribution in [1.29, 1.82) is 0 Å². The van der Waals surface area contributed by atoms with Crippen LogP contribution in [0.1, 0.15) is 49.4 Å². The number of Topliss-reactive ketones (excluding diaryl/α,β-unsaturated/α-hetero) is 1. The zero-order valence-electron chi connectivity index (χ0n) is 25.9. The summed E-state index contributed by atoms with van der Waals surface area (Å²) in [5.41, 5.74) is 0.500. The van der Waals surface area contributed by atoms with E-state index in [-0.39, 0.29) is 45.4 Å². The molecule has 4 aromatic rings. The Morgan fingerprint density at radius 3 is 2.20 bits per heavy atom. The highest BCUT2D eigenvalue weighted by molar-refractivity contribution is 6.09. The Morgan fingerprint density at radius 1 is 0.780 bits per heavy atom. The minimum absolute atomic E-state index is 0.0664. The van der Waals surface area contributed by atoms with Crippen LogP contribution in [0.25, 0.3) is 6.08 Å². The second kappa shape index (κ2) is 13.7. The highest BCUT2D eigenvalue weighted by Gasteiger charge is 2.46. The Morgan fingerprint density at radius 2 is 1.50 bits per heavy atom. The molecule has 6 rings (SSSR count). The maximum atomic E-state index is 14.3. The number of fused-ring (bicyclic) bond motifs is 1. The first kappa shape index (κ1) is 34.2. The summed E-state index contributed by atoms with van der Waals surface area (Å²) < 4.78 is 17.3. The maximum Gasteiger partial charge on any atom is 0.229 e. The van der Waals surface area contributed by atoms with Crippen LogP contribution in [0.5, 0.6) is 40.2 Å². The number of carbonyl (C=O) groups is 2. The van der Waals surface area contributed by atoms with Crippen molar-refractivity contribution in [3.05, 3.63) is 107 Å². The molecule has 4 aromatic carbocycles. The van der Waals surface area contributed by atoms with E-state index in [0.29, 0.717) is 11.1 Å². The van der Waals surface area contributed by atoms with Crippen molar-refractivity contribution in [3.8, 4) is 40.2 Å². The van der Waals surface area contributed by atoms with Crippen LogP contribution in [-0.4, -0.2) is 94.8 Å². The zero-order valence-corrected chi connectivity index (χ0v) is 25.9. The number of allylic oxidation sites excluding steroid dienone is 1. The van der Waals surface area contributed by atoms with Gasteiger partial charge in [-0.05, 0) is 53.6 Å². The summed E-state index contributed by atoms with van der Waals surface area (Å²) in [5, 5.41) is 91.8. The van der Waals surface area contributed by atoms with Crippen LogP contribution in [-0.2, 0) is 4.74 Å². The maximum absolute atomic E-state index is 14.3. The van der Waals surface area contributed by atoms with Crippen LogP contribution < -0.4 is 9.47 Å². The number of aromatic hydroxyl groups is 5. The molecule has 2 aliphatic heterocycles. The van der Waals surface area contributed by atoms with Gasteiger partial charge in [0.2, 0.25) is 6.29 Å². The first-order valence-electron chi connectivity index (χ1n) is 15.3. The van der Waals surface area contributed by atoms with E-state index in [1.807, 2.05) is 0 Å². The van der Waals surface area contributed by atoms with Crippen LogP contribution >= 0.6 is 0 Å². The first-order chi connectivity index (χ1) is 23.9. The standard InChI is InChI=1S/C36H32O14/c37-15-28-31(44)33(46)34(47)36(50-28)48-20-13-26(43)30-27(14-20)49-35(17-3-5-18(38)6-4-17)29(32(30)45)22-11-16(2-10-24(22)41)1-9-23(40)21-8-7-19(39)12-25(21)42/h1-14,28-29,31,33-39,41-44,46-47H,15H2/b9-1+/t28-,29+,31-,33+,34-,35-,36-/m1/s1. The van der Waals surface area contributed by atoms with Crippen molar-refractivity contribution < 1.29 is 69.8 Å². The monoisotopic (exact) mass is 688 g/mol.